The van der Waals surface area contributed by atoms with Gasteiger partial charge in [-0.2, -0.15) is 0 Å². The van der Waals surface area contributed by atoms with Crippen LogP contribution in [-0.4, -0.2) is 60.8 Å². The number of nitrogens with one attached hydrogen (secondary N) is 1. The van der Waals surface area contributed by atoms with E-state index in [0.29, 0.717) is 19.7 Å². The van der Waals surface area contributed by atoms with Gasteiger partial charge in [-0.15, -0.1) is 0 Å². The molecule has 1 saturated heterocycles. The van der Waals surface area contributed by atoms with Crippen molar-refractivity contribution in [3.8, 4) is 0 Å². The van der Waals surface area contributed by atoms with Crippen LogP contribution in [0.15, 0.2) is 0 Å². The molecule has 6 heteroatoms. The van der Waals surface area contributed by atoms with E-state index < -0.39 is 0 Å². The van der Waals surface area contributed by atoms with Crippen molar-refractivity contribution >= 4 is 11.8 Å². The Labute approximate surface area is 101 Å². The topological polar surface area (TPSA) is 78.9 Å². The number of carbonyl (C=O) groups excluding carboxylic acids is 2. The molecule has 0 saturated carbocycles. The van der Waals surface area contributed by atoms with Gasteiger partial charge < -0.3 is 20.1 Å². The summed E-state index contributed by atoms with van der Waals surface area (Å²) in [7, 11) is 0. The summed E-state index contributed by atoms with van der Waals surface area (Å²) in [5.41, 5.74) is 0. The lowest BCUT2D eigenvalue weighted by atomic mass is 10.1. The minimum Gasteiger partial charge on any atom is -0.394 e. The van der Waals surface area contributed by atoms with Gasteiger partial charge in [-0.25, -0.2) is 0 Å². The molecule has 0 atom stereocenters. The molecule has 0 aromatic rings. The number of aliphatic hydroxyl groups is 1. The maximum absolute atomic E-state index is 11.7. The highest BCUT2D eigenvalue weighted by molar-refractivity contribution is 5.83. The second-order valence-corrected chi connectivity index (χ2v) is 4.08. The molecule has 17 heavy (non-hydrogen) atoms. The molecule has 0 spiro atoms. The Hall–Kier alpha value is -1.14. The molecule has 1 heterocycles. The molecule has 1 aliphatic heterocycles. The SMILES string of the molecule is CC(=O)NCC(=O)N1CCC(OCCO)CC1. The highest BCUT2D eigenvalue weighted by Gasteiger charge is 2.22. The summed E-state index contributed by atoms with van der Waals surface area (Å²) in [6.45, 7) is 3.13. The normalized spacial score (nSPS) is 16.9. The van der Waals surface area contributed by atoms with Crippen LogP contribution in [0.1, 0.15) is 19.8 Å². The first-order valence-electron chi connectivity index (χ1n) is 5.88. The smallest absolute Gasteiger partial charge is 0.241 e. The molecule has 1 aliphatic rings. The third kappa shape index (κ3) is 5.14. The molecule has 1 rings (SSSR count). The third-order valence-corrected chi connectivity index (χ3v) is 2.73. The van der Waals surface area contributed by atoms with Crippen molar-refractivity contribution in [2.45, 2.75) is 25.9 Å². The minimum atomic E-state index is -0.195. The van der Waals surface area contributed by atoms with E-state index >= 15 is 0 Å². The van der Waals surface area contributed by atoms with Crippen molar-refractivity contribution in [3.05, 3.63) is 0 Å². The van der Waals surface area contributed by atoms with Gasteiger partial charge in [-0.1, -0.05) is 0 Å². The Bertz CT molecular complexity index is 262. The molecule has 98 valence electrons. The summed E-state index contributed by atoms with van der Waals surface area (Å²) in [5, 5.41) is 11.1. The van der Waals surface area contributed by atoms with Gasteiger partial charge in [0.25, 0.3) is 0 Å². The van der Waals surface area contributed by atoms with Crippen molar-refractivity contribution in [2.75, 3.05) is 32.8 Å². The van der Waals surface area contributed by atoms with E-state index in [-0.39, 0.29) is 31.1 Å². The maximum atomic E-state index is 11.7. The monoisotopic (exact) mass is 244 g/mol. The highest BCUT2D eigenvalue weighted by Crippen LogP contribution is 2.13. The number of ether oxygens (including phenoxy) is 1. The number of aliphatic hydroxyl groups excluding tert-OH is 1. The van der Waals surface area contributed by atoms with Crippen LogP contribution in [0.4, 0.5) is 0 Å². The van der Waals surface area contributed by atoms with Crippen LogP contribution in [0.2, 0.25) is 0 Å². The summed E-state index contributed by atoms with van der Waals surface area (Å²) in [5.74, 6) is -0.250. The van der Waals surface area contributed by atoms with E-state index in [1.165, 1.54) is 6.92 Å². The van der Waals surface area contributed by atoms with E-state index in [0.717, 1.165) is 12.8 Å². The lowest BCUT2D eigenvalue weighted by Gasteiger charge is -2.31. The molecule has 6 nitrogen and oxygen atoms in total. The summed E-state index contributed by atoms with van der Waals surface area (Å²) < 4.78 is 5.40. The van der Waals surface area contributed by atoms with Crippen molar-refractivity contribution in [2.24, 2.45) is 0 Å². The van der Waals surface area contributed by atoms with Crippen molar-refractivity contribution in [3.63, 3.8) is 0 Å². The number of amides is 2. The second kappa shape index (κ2) is 7.24. The van der Waals surface area contributed by atoms with Gasteiger partial charge in [0.15, 0.2) is 0 Å². The highest BCUT2D eigenvalue weighted by atomic mass is 16.5. The fraction of sp³-hybridized carbons (Fsp3) is 0.818. The van der Waals surface area contributed by atoms with Gasteiger partial charge in [0, 0.05) is 20.0 Å². The predicted octanol–water partition coefficient (Wildman–Crippen LogP) is -0.878. The molecule has 0 bridgehead atoms. The molecular weight excluding hydrogens is 224 g/mol. The lowest BCUT2D eigenvalue weighted by molar-refractivity contribution is -0.134. The van der Waals surface area contributed by atoms with Gasteiger partial charge in [0.2, 0.25) is 11.8 Å². The zero-order valence-electron chi connectivity index (χ0n) is 10.1. The fourth-order valence-electron chi connectivity index (χ4n) is 1.80. The first-order valence-corrected chi connectivity index (χ1v) is 5.88. The molecule has 2 amide bonds. The fourth-order valence-corrected chi connectivity index (χ4v) is 1.80. The van der Waals surface area contributed by atoms with Crippen LogP contribution >= 0.6 is 0 Å². The largest absolute Gasteiger partial charge is 0.394 e. The summed E-state index contributed by atoms with van der Waals surface area (Å²) in [6, 6.07) is 0. The Morgan fingerprint density at radius 3 is 2.59 bits per heavy atom. The Balaban J connectivity index is 2.21. The number of piperidine rings is 1. The zero-order chi connectivity index (χ0) is 12.7. The van der Waals surface area contributed by atoms with E-state index in [9.17, 15) is 9.59 Å². The van der Waals surface area contributed by atoms with Crippen LogP contribution in [0, 0.1) is 0 Å². The number of hydrogen-bond acceptors (Lipinski definition) is 4. The quantitative estimate of drug-likeness (QED) is 0.658. The lowest BCUT2D eigenvalue weighted by Crippen LogP contribution is -2.45. The number of nitrogens with zero attached hydrogens (tertiary/aromatic N) is 1. The average Bonchev–Trinajstić information content (AvgIpc) is 2.34. The van der Waals surface area contributed by atoms with Gasteiger partial charge in [0.1, 0.15) is 0 Å². The third-order valence-electron chi connectivity index (χ3n) is 2.73. The molecule has 0 aromatic carbocycles. The van der Waals surface area contributed by atoms with E-state index in [1.807, 2.05) is 0 Å². The summed E-state index contributed by atoms with van der Waals surface area (Å²) >= 11 is 0. The van der Waals surface area contributed by atoms with Gasteiger partial charge in [0.05, 0.1) is 25.9 Å². The van der Waals surface area contributed by atoms with Crippen LogP contribution in [0.5, 0.6) is 0 Å². The van der Waals surface area contributed by atoms with Gasteiger partial charge >= 0.3 is 0 Å². The van der Waals surface area contributed by atoms with Crippen molar-refractivity contribution in [1.82, 2.24) is 10.2 Å². The number of rotatable bonds is 5. The Morgan fingerprint density at radius 2 is 2.06 bits per heavy atom. The summed E-state index contributed by atoms with van der Waals surface area (Å²) in [6.07, 6.45) is 1.70. The molecule has 2 N–H and O–H groups in total. The minimum absolute atomic E-state index is 0.0294. The van der Waals surface area contributed by atoms with Crippen LogP contribution < -0.4 is 5.32 Å². The molecule has 0 aliphatic carbocycles. The van der Waals surface area contributed by atoms with Crippen LogP contribution in [0.3, 0.4) is 0 Å². The molecule has 0 unspecified atom stereocenters. The number of hydrogen-bond donors (Lipinski definition) is 2. The summed E-state index contributed by atoms with van der Waals surface area (Å²) in [4.78, 5) is 24.1. The van der Waals surface area contributed by atoms with Crippen molar-refractivity contribution in [1.29, 1.82) is 0 Å². The molecule has 1 fully saturated rings. The van der Waals surface area contributed by atoms with E-state index in [2.05, 4.69) is 5.32 Å². The second-order valence-electron chi connectivity index (χ2n) is 4.08. The van der Waals surface area contributed by atoms with Crippen LogP contribution in [-0.2, 0) is 14.3 Å². The molecule has 0 radical (unpaired) electrons. The van der Waals surface area contributed by atoms with Gasteiger partial charge in [-0.05, 0) is 12.8 Å². The Kier molecular flexibility index (Phi) is 5.93. The first-order chi connectivity index (χ1) is 8.13. The maximum Gasteiger partial charge on any atom is 0.241 e. The molecular formula is C11H20N2O4. The Morgan fingerprint density at radius 1 is 1.41 bits per heavy atom. The van der Waals surface area contributed by atoms with Crippen LogP contribution in [0.25, 0.3) is 0 Å². The average molecular weight is 244 g/mol. The van der Waals surface area contributed by atoms with E-state index in [4.69, 9.17) is 9.84 Å². The zero-order valence-corrected chi connectivity index (χ0v) is 10.1. The number of carbonyl (C=O) groups is 2. The van der Waals surface area contributed by atoms with Crippen molar-refractivity contribution < 1.29 is 19.4 Å². The van der Waals surface area contributed by atoms with Gasteiger partial charge in [-0.3, -0.25) is 9.59 Å². The standard InChI is InChI=1S/C11H20N2O4/c1-9(15)12-8-11(16)13-4-2-10(3-5-13)17-7-6-14/h10,14H,2-8H2,1H3,(H,12,15). The first kappa shape index (κ1) is 13.9. The molecule has 0 aromatic heterocycles. The predicted molar refractivity (Wildman–Crippen MR) is 61.3 cm³/mol. The number of likely N-dealkylation sites (tertiary alicyclic amines) is 1. The van der Waals surface area contributed by atoms with E-state index in [1.54, 1.807) is 4.90 Å².